The summed E-state index contributed by atoms with van der Waals surface area (Å²) in [5.41, 5.74) is 0. The third-order valence-electron chi connectivity index (χ3n) is 17.4. The van der Waals surface area contributed by atoms with E-state index in [1.165, 1.54) is 193 Å². The van der Waals surface area contributed by atoms with Crippen LogP contribution in [-0.4, -0.2) is 193 Å². The predicted octanol–water partition coefficient (Wildman–Crippen LogP) is 7.94. The van der Waals surface area contributed by atoms with Gasteiger partial charge in [-0.05, 0) is 12.8 Å². The summed E-state index contributed by atoms with van der Waals surface area (Å²) >= 11 is 0. The van der Waals surface area contributed by atoms with Crippen LogP contribution in [0.2, 0.25) is 0 Å². The molecule has 19 heteroatoms. The highest BCUT2D eigenvalue weighted by atomic mass is 16.8. The lowest BCUT2D eigenvalue weighted by Gasteiger charge is -2.48. The molecule has 0 saturated carbocycles. The number of carbonyl (C=O) groups is 1. The summed E-state index contributed by atoms with van der Waals surface area (Å²) in [6.07, 6.45) is 21.8. The van der Waals surface area contributed by atoms with Crippen molar-refractivity contribution in [1.82, 2.24) is 5.32 Å². The topological polar surface area (TPSA) is 307 Å². The van der Waals surface area contributed by atoms with Gasteiger partial charge in [0.1, 0.15) is 73.2 Å². The summed E-state index contributed by atoms with van der Waals surface area (Å²) in [5, 5.41) is 121. The molecule has 0 radical (unpaired) electrons. The molecule has 0 aromatic carbocycles. The first-order valence-electron chi connectivity index (χ1n) is 33.8. The summed E-state index contributed by atoms with van der Waals surface area (Å²) in [7, 11) is 0. The van der Waals surface area contributed by atoms with E-state index in [4.69, 9.17) is 28.4 Å². The van der Waals surface area contributed by atoms with Gasteiger partial charge >= 0.3 is 0 Å². The van der Waals surface area contributed by atoms with Crippen molar-refractivity contribution in [3.63, 3.8) is 0 Å². The van der Waals surface area contributed by atoms with Crippen molar-refractivity contribution in [2.75, 3.05) is 26.4 Å². The number of aliphatic hydroxyl groups excluding tert-OH is 11. The normalized spacial score (nSPS) is 29.3. The van der Waals surface area contributed by atoms with Gasteiger partial charge in [0.25, 0.3) is 0 Å². The average molecular weight is 1190 g/mol. The van der Waals surface area contributed by atoms with Crippen LogP contribution in [0.1, 0.15) is 271 Å². The Kier molecular flexibility index (Phi) is 43.7. The van der Waals surface area contributed by atoms with Crippen molar-refractivity contribution < 1.29 is 89.4 Å². The highest BCUT2D eigenvalue weighted by Gasteiger charge is 2.53. The molecule has 3 heterocycles. The summed E-state index contributed by atoms with van der Waals surface area (Å²) in [6.45, 7) is 1.83. The Hall–Kier alpha value is -1.21. The van der Waals surface area contributed by atoms with E-state index in [2.05, 4.69) is 19.2 Å². The lowest BCUT2D eigenvalue weighted by Crippen LogP contribution is -2.66. The third-order valence-corrected chi connectivity index (χ3v) is 17.4. The SMILES string of the molecule is CCCCCCCCCCCCCCCCCCCCCCCCCC(=O)NC(COC1OC(CO)C(OC2OC(CO)C(OC3OC(CO)C(O)C(O)C3O)C(O)C2O)C(O)C1O)C(O)CCCCCCCCCCCCCCCCC. The number of hydrogen-bond donors (Lipinski definition) is 12. The first kappa shape index (κ1) is 76.0. The first-order chi connectivity index (χ1) is 40.3. The van der Waals surface area contributed by atoms with E-state index in [-0.39, 0.29) is 18.9 Å². The van der Waals surface area contributed by atoms with Crippen molar-refractivity contribution in [3.05, 3.63) is 0 Å². The minimum atomic E-state index is -1.97. The number of hydrogen-bond acceptors (Lipinski definition) is 18. The van der Waals surface area contributed by atoms with Gasteiger partial charge < -0.3 is 89.9 Å². The van der Waals surface area contributed by atoms with Crippen molar-refractivity contribution >= 4 is 5.91 Å². The molecule has 17 atom stereocenters. The summed E-state index contributed by atoms with van der Waals surface area (Å²) in [4.78, 5) is 13.4. The third kappa shape index (κ3) is 30.7. The second-order valence-corrected chi connectivity index (χ2v) is 24.7. The summed E-state index contributed by atoms with van der Waals surface area (Å²) in [5.74, 6) is -0.236. The van der Waals surface area contributed by atoms with Gasteiger partial charge in [-0.15, -0.1) is 0 Å². The zero-order valence-electron chi connectivity index (χ0n) is 51.7. The molecule has 3 aliphatic rings. The van der Waals surface area contributed by atoms with Gasteiger partial charge in [-0.3, -0.25) is 4.79 Å². The predicted molar refractivity (Wildman–Crippen MR) is 319 cm³/mol. The lowest BCUT2D eigenvalue weighted by atomic mass is 9.96. The number of aliphatic hydroxyl groups is 11. The number of amides is 1. The highest BCUT2D eigenvalue weighted by Crippen LogP contribution is 2.33. The van der Waals surface area contributed by atoms with Crippen LogP contribution >= 0.6 is 0 Å². The van der Waals surface area contributed by atoms with Crippen molar-refractivity contribution in [1.29, 1.82) is 0 Å². The molecule has 0 aromatic rings. The molecule has 0 spiro atoms. The standard InChI is InChI=1S/C64H123NO18/c1-3-5-7-9-11-13-15-17-19-20-21-22-23-24-25-26-28-30-32-34-36-38-40-42-52(70)65-47(48(69)41-39-37-35-33-31-29-27-18-16-14-12-10-8-6-4-2)46-78-62-58(76)55(73)60(50(44-67)80-62)83-64-59(77)56(74)61(51(45-68)81-64)82-63-57(75)54(72)53(71)49(43-66)79-63/h47-51,53-64,66-69,71-77H,3-46H2,1-2H3,(H,65,70). The van der Waals surface area contributed by atoms with Crippen molar-refractivity contribution in [2.24, 2.45) is 0 Å². The fraction of sp³-hybridized carbons (Fsp3) is 0.984. The largest absolute Gasteiger partial charge is 0.394 e. The lowest BCUT2D eigenvalue weighted by molar-refractivity contribution is -0.379. The van der Waals surface area contributed by atoms with Gasteiger partial charge in [0.05, 0.1) is 38.6 Å². The number of ether oxygens (including phenoxy) is 6. The smallest absolute Gasteiger partial charge is 0.220 e. The number of unbranched alkanes of at least 4 members (excludes halogenated alkanes) is 36. The quantitative estimate of drug-likeness (QED) is 0.0257. The molecule has 83 heavy (non-hydrogen) atoms. The molecule has 1 amide bonds. The average Bonchev–Trinajstić information content (AvgIpc) is 3.18. The number of rotatable bonds is 52. The maximum absolute atomic E-state index is 13.4. The Labute approximate surface area is 500 Å². The Morgan fingerprint density at radius 3 is 1.05 bits per heavy atom. The molecule has 0 bridgehead atoms. The molecule has 3 fully saturated rings. The summed E-state index contributed by atoms with van der Waals surface area (Å²) < 4.78 is 34.4. The van der Waals surface area contributed by atoms with Crippen molar-refractivity contribution in [2.45, 2.75) is 375 Å². The minimum absolute atomic E-state index is 0.236. The zero-order valence-corrected chi connectivity index (χ0v) is 51.7. The van der Waals surface area contributed by atoms with Gasteiger partial charge in [-0.2, -0.15) is 0 Å². The highest BCUT2D eigenvalue weighted by molar-refractivity contribution is 5.76. The molecule has 3 aliphatic heterocycles. The molecular weight excluding hydrogens is 1070 g/mol. The van der Waals surface area contributed by atoms with Gasteiger partial charge in [0, 0.05) is 6.42 Å². The van der Waals surface area contributed by atoms with Crippen LogP contribution in [0, 0.1) is 0 Å². The second-order valence-electron chi connectivity index (χ2n) is 24.7. The van der Waals surface area contributed by atoms with E-state index in [9.17, 15) is 61.0 Å². The minimum Gasteiger partial charge on any atom is -0.394 e. The molecular formula is C64H123NO18. The van der Waals surface area contributed by atoms with Crippen molar-refractivity contribution in [3.8, 4) is 0 Å². The monoisotopic (exact) mass is 1190 g/mol. The van der Waals surface area contributed by atoms with Crippen LogP contribution in [0.15, 0.2) is 0 Å². The van der Waals surface area contributed by atoms with E-state index in [1.807, 2.05) is 0 Å². The van der Waals surface area contributed by atoms with Gasteiger partial charge in [0.15, 0.2) is 18.9 Å². The Balaban J connectivity index is 1.43. The van der Waals surface area contributed by atoms with E-state index in [0.717, 1.165) is 44.9 Å². The fourth-order valence-corrected chi connectivity index (χ4v) is 11.9. The summed E-state index contributed by atoms with van der Waals surface area (Å²) in [6, 6.07) is -0.881. The molecule has 0 aromatic heterocycles. The van der Waals surface area contributed by atoms with E-state index >= 15 is 0 Å². The maximum Gasteiger partial charge on any atom is 0.220 e. The van der Waals surface area contributed by atoms with Crippen LogP contribution in [0.4, 0.5) is 0 Å². The molecule has 3 rings (SSSR count). The molecule has 19 nitrogen and oxygen atoms in total. The zero-order chi connectivity index (χ0) is 60.5. The molecule has 17 unspecified atom stereocenters. The Morgan fingerprint density at radius 2 is 0.687 bits per heavy atom. The molecule has 3 saturated heterocycles. The van der Waals surface area contributed by atoms with Gasteiger partial charge in [-0.25, -0.2) is 0 Å². The number of carbonyl (C=O) groups excluding carboxylic acids is 1. The van der Waals surface area contributed by atoms with E-state index in [1.54, 1.807) is 0 Å². The second kappa shape index (κ2) is 47.7. The van der Waals surface area contributed by atoms with Crippen LogP contribution in [0.5, 0.6) is 0 Å². The van der Waals surface area contributed by atoms with Crippen LogP contribution in [-0.2, 0) is 33.2 Å². The Morgan fingerprint density at radius 1 is 0.386 bits per heavy atom. The first-order valence-corrected chi connectivity index (χ1v) is 33.8. The van der Waals surface area contributed by atoms with E-state index in [0.29, 0.717) is 12.8 Å². The van der Waals surface area contributed by atoms with E-state index < -0.39 is 124 Å². The Bertz CT molecular complexity index is 1520. The van der Waals surface area contributed by atoms with Crippen LogP contribution in [0.25, 0.3) is 0 Å². The maximum atomic E-state index is 13.4. The van der Waals surface area contributed by atoms with Gasteiger partial charge in [-0.1, -0.05) is 251 Å². The fourth-order valence-electron chi connectivity index (χ4n) is 11.9. The number of nitrogens with one attached hydrogen (secondary N) is 1. The van der Waals surface area contributed by atoms with Crippen LogP contribution < -0.4 is 5.32 Å². The molecule has 0 aliphatic carbocycles. The van der Waals surface area contributed by atoms with Gasteiger partial charge in [0.2, 0.25) is 5.91 Å². The molecule has 12 N–H and O–H groups in total. The molecule has 492 valence electrons. The van der Waals surface area contributed by atoms with Crippen LogP contribution in [0.3, 0.4) is 0 Å².